The van der Waals surface area contributed by atoms with Crippen molar-refractivity contribution in [2.75, 3.05) is 23.7 Å². The fourth-order valence-corrected chi connectivity index (χ4v) is 7.18. The van der Waals surface area contributed by atoms with Gasteiger partial charge in [0.1, 0.15) is 11.6 Å². The van der Waals surface area contributed by atoms with Gasteiger partial charge >= 0.3 is 11.9 Å². The molecule has 0 saturated carbocycles. The molecule has 0 N–H and O–H groups in total. The number of carbonyl (C=O) groups is 1. The van der Waals surface area contributed by atoms with Gasteiger partial charge in [-0.05, 0) is 37.6 Å². The number of alkyl halides is 3. The third-order valence-corrected chi connectivity index (χ3v) is 8.93. The molecule has 13 heteroatoms. The van der Waals surface area contributed by atoms with Gasteiger partial charge in [0.25, 0.3) is 0 Å². The van der Waals surface area contributed by atoms with Crippen molar-refractivity contribution in [2.45, 2.75) is 49.5 Å². The topological polar surface area (TPSA) is 71.3 Å². The molecular formula is C26H24ClF4N5O2S. The van der Waals surface area contributed by atoms with Crippen molar-refractivity contribution in [3.8, 4) is 0 Å². The summed E-state index contributed by atoms with van der Waals surface area (Å²) in [5.41, 5.74) is -1.19. The van der Waals surface area contributed by atoms with Crippen LogP contribution in [0.5, 0.6) is 0 Å². The molecule has 2 aliphatic rings. The molecule has 1 aromatic carbocycles. The smallest absolute Gasteiger partial charge is 0.352 e. The summed E-state index contributed by atoms with van der Waals surface area (Å²) in [4.78, 5) is 37.4. The second kappa shape index (κ2) is 10.1. The number of anilines is 1. The van der Waals surface area contributed by atoms with Gasteiger partial charge in [-0.3, -0.25) is 14.3 Å². The van der Waals surface area contributed by atoms with E-state index in [1.54, 1.807) is 9.80 Å². The fraction of sp³-hybridized carbons (Fsp3) is 0.385. The van der Waals surface area contributed by atoms with Gasteiger partial charge in [0.15, 0.2) is 0 Å². The van der Waals surface area contributed by atoms with E-state index in [0.717, 1.165) is 24.0 Å². The van der Waals surface area contributed by atoms with Crippen LogP contribution in [0, 0.1) is 5.82 Å². The minimum absolute atomic E-state index is 0.000337. The minimum atomic E-state index is -4.76. The van der Waals surface area contributed by atoms with Crippen LogP contribution in [0.3, 0.4) is 0 Å². The standard InChI is InChI=1S/C26H24ClF4N5O2S/c1-4-20(37)36-13(2)9-34(10-14(36)3)24-17-7-18(26(29,30)31)21(27)23-22(17)35(25(38)33-24)11-15(12-39-23)16-5-6-32-8-19(16)28/h4-8,13-15H,1,9-12H2,2-3H3/t13-,14+,15-/m0/s1. The molecule has 0 aliphatic carbocycles. The van der Waals surface area contributed by atoms with E-state index in [-0.39, 0.29) is 65.0 Å². The highest BCUT2D eigenvalue weighted by atomic mass is 35.5. The summed E-state index contributed by atoms with van der Waals surface area (Å²) in [6.45, 7) is 7.66. The number of hydrogen-bond acceptors (Lipinski definition) is 6. The molecule has 0 unspecified atom stereocenters. The van der Waals surface area contributed by atoms with Gasteiger partial charge in [-0.15, -0.1) is 11.8 Å². The number of pyridine rings is 1. The van der Waals surface area contributed by atoms with Crippen LogP contribution in [0.1, 0.15) is 30.9 Å². The van der Waals surface area contributed by atoms with Gasteiger partial charge in [-0.1, -0.05) is 18.2 Å². The largest absolute Gasteiger partial charge is 0.417 e. The highest BCUT2D eigenvalue weighted by molar-refractivity contribution is 7.99. The van der Waals surface area contributed by atoms with Gasteiger partial charge in [-0.25, -0.2) is 9.18 Å². The molecule has 1 saturated heterocycles. The van der Waals surface area contributed by atoms with Crippen LogP contribution < -0.4 is 10.6 Å². The lowest BCUT2D eigenvalue weighted by molar-refractivity contribution is -0.137. The molecule has 7 nitrogen and oxygen atoms in total. The highest BCUT2D eigenvalue weighted by Gasteiger charge is 2.39. The number of hydrogen-bond donors (Lipinski definition) is 0. The molecule has 2 aromatic heterocycles. The zero-order valence-electron chi connectivity index (χ0n) is 21.0. The number of aromatic nitrogens is 3. The SMILES string of the molecule is C=CC(=O)N1[C@H](C)CN(c2nc(=O)n3c4c(c(Cl)c(C(F)(F)F)cc24)SC[C@@H](c2ccncc2F)C3)C[C@@H]1C. The molecule has 2 aliphatic heterocycles. The Labute approximate surface area is 230 Å². The van der Waals surface area contributed by atoms with Crippen LogP contribution in [0.4, 0.5) is 23.4 Å². The Morgan fingerprint density at radius 2 is 1.92 bits per heavy atom. The molecule has 1 fully saturated rings. The Morgan fingerprint density at radius 1 is 1.23 bits per heavy atom. The number of halogens is 5. The van der Waals surface area contributed by atoms with Gasteiger partial charge < -0.3 is 9.80 Å². The van der Waals surface area contributed by atoms with E-state index >= 15 is 0 Å². The fourth-order valence-electron chi connectivity index (χ4n) is 5.52. The third-order valence-electron chi connectivity index (χ3n) is 7.17. The first kappa shape index (κ1) is 27.4. The Bertz CT molecular complexity index is 1530. The van der Waals surface area contributed by atoms with E-state index in [0.29, 0.717) is 5.56 Å². The van der Waals surface area contributed by atoms with Crippen molar-refractivity contribution >= 4 is 46.0 Å². The lowest BCUT2D eigenvalue weighted by Crippen LogP contribution is -2.58. The van der Waals surface area contributed by atoms with Crippen molar-refractivity contribution in [3.63, 3.8) is 0 Å². The number of nitrogens with zero attached hydrogens (tertiary/aromatic N) is 5. The Kier molecular flexibility index (Phi) is 7.13. The van der Waals surface area contributed by atoms with E-state index in [1.165, 1.54) is 22.9 Å². The Hall–Kier alpha value is -3.12. The van der Waals surface area contributed by atoms with Crippen molar-refractivity contribution in [3.05, 3.63) is 69.6 Å². The Morgan fingerprint density at radius 3 is 2.54 bits per heavy atom. The molecule has 0 bridgehead atoms. The maximum Gasteiger partial charge on any atom is 0.417 e. The molecule has 3 aromatic rings. The van der Waals surface area contributed by atoms with Gasteiger partial charge in [0, 0.05) is 55.0 Å². The van der Waals surface area contributed by atoms with E-state index in [2.05, 4.69) is 16.5 Å². The maximum absolute atomic E-state index is 14.6. The number of rotatable bonds is 3. The van der Waals surface area contributed by atoms with Gasteiger partial charge in [-0.2, -0.15) is 18.2 Å². The van der Waals surface area contributed by atoms with Gasteiger partial charge in [0.05, 0.1) is 27.2 Å². The predicted octanol–water partition coefficient (Wildman–Crippen LogP) is 5.10. The molecule has 206 valence electrons. The zero-order chi connectivity index (χ0) is 28.2. The molecule has 5 rings (SSSR count). The van der Waals surface area contributed by atoms with Crippen LogP contribution in [0.15, 0.2) is 46.9 Å². The second-order valence-corrected chi connectivity index (χ2v) is 11.2. The van der Waals surface area contributed by atoms with E-state index in [4.69, 9.17) is 11.6 Å². The normalized spacial score (nSPS) is 21.7. The van der Waals surface area contributed by atoms with Crippen molar-refractivity contribution in [2.24, 2.45) is 0 Å². The van der Waals surface area contributed by atoms with Crippen molar-refractivity contribution < 1.29 is 22.4 Å². The van der Waals surface area contributed by atoms with Gasteiger partial charge in [0.2, 0.25) is 5.91 Å². The minimum Gasteiger partial charge on any atom is -0.352 e. The number of benzene rings is 1. The predicted molar refractivity (Wildman–Crippen MR) is 142 cm³/mol. The Balaban J connectivity index is 1.71. The van der Waals surface area contributed by atoms with Crippen LogP contribution >= 0.6 is 23.4 Å². The first-order valence-electron chi connectivity index (χ1n) is 12.2. The molecule has 1 amide bonds. The summed E-state index contributed by atoms with van der Waals surface area (Å²) >= 11 is 7.41. The van der Waals surface area contributed by atoms with Crippen LogP contribution in [-0.4, -0.2) is 56.3 Å². The quantitative estimate of drug-likeness (QED) is 0.316. The second-order valence-electron chi connectivity index (χ2n) is 9.75. The average molecular weight is 582 g/mol. The molecule has 3 atom stereocenters. The summed E-state index contributed by atoms with van der Waals surface area (Å²) in [6, 6.07) is 1.79. The number of thioether (sulfide) groups is 1. The summed E-state index contributed by atoms with van der Waals surface area (Å²) < 4.78 is 58.4. The monoisotopic (exact) mass is 581 g/mol. The molecule has 4 heterocycles. The number of amides is 1. The van der Waals surface area contributed by atoms with Crippen LogP contribution in [-0.2, 0) is 17.5 Å². The van der Waals surface area contributed by atoms with Crippen LogP contribution in [0.25, 0.3) is 10.9 Å². The lowest BCUT2D eigenvalue weighted by atomic mass is 10.0. The van der Waals surface area contributed by atoms with E-state index < -0.39 is 34.2 Å². The first-order valence-corrected chi connectivity index (χ1v) is 13.5. The number of piperazine rings is 1. The zero-order valence-corrected chi connectivity index (χ0v) is 22.6. The van der Waals surface area contributed by atoms with Crippen molar-refractivity contribution in [1.82, 2.24) is 19.4 Å². The summed E-state index contributed by atoms with van der Waals surface area (Å²) in [6.07, 6.45) is -1.06. The molecular weight excluding hydrogens is 558 g/mol. The van der Waals surface area contributed by atoms with E-state index in [9.17, 15) is 27.2 Å². The summed E-state index contributed by atoms with van der Waals surface area (Å²) in [5.74, 6) is -1.09. The van der Waals surface area contributed by atoms with Crippen LogP contribution in [0.2, 0.25) is 5.02 Å². The van der Waals surface area contributed by atoms with E-state index in [1.807, 2.05) is 13.8 Å². The maximum atomic E-state index is 14.6. The average Bonchev–Trinajstić information content (AvgIpc) is 3.08. The molecule has 0 radical (unpaired) electrons. The number of carbonyl (C=O) groups excluding carboxylic acids is 1. The molecule has 39 heavy (non-hydrogen) atoms. The van der Waals surface area contributed by atoms with Crippen molar-refractivity contribution in [1.29, 1.82) is 0 Å². The first-order chi connectivity index (χ1) is 18.4. The molecule has 0 spiro atoms. The summed E-state index contributed by atoms with van der Waals surface area (Å²) in [5, 5.41) is -0.392. The lowest BCUT2D eigenvalue weighted by Gasteiger charge is -2.44. The summed E-state index contributed by atoms with van der Waals surface area (Å²) in [7, 11) is 0. The highest BCUT2D eigenvalue weighted by Crippen LogP contribution is 2.47. The third kappa shape index (κ3) is 4.77.